The fourth-order valence-electron chi connectivity index (χ4n) is 2.02. The van der Waals surface area contributed by atoms with Gasteiger partial charge in [0.15, 0.2) is 0 Å². The van der Waals surface area contributed by atoms with Crippen molar-refractivity contribution in [1.29, 1.82) is 0 Å². The van der Waals surface area contributed by atoms with Crippen molar-refractivity contribution in [3.63, 3.8) is 0 Å². The maximum Gasteiger partial charge on any atom is 0.310 e. The maximum atomic E-state index is 9.87. The molecule has 0 aromatic heterocycles. The van der Waals surface area contributed by atoms with E-state index in [9.17, 15) is 19.2 Å². The van der Waals surface area contributed by atoms with Crippen molar-refractivity contribution in [3.05, 3.63) is 0 Å². The lowest BCUT2D eigenvalue weighted by Crippen LogP contribution is -2.19. The van der Waals surface area contributed by atoms with Crippen molar-refractivity contribution in [1.82, 2.24) is 0 Å². The largest absolute Gasteiger partial charge is 0.481 e. The van der Waals surface area contributed by atoms with Crippen LogP contribution < -0.4 is 0 Å². The second-order valence-corrected chi connectivity index (χ2v) is 5.80. The number of aliphatic hydroxyl groups is 2. The number of carboxylic acid groups (broad SMARTS) is 2. The second-order valence-electron chi connectivity index (χ2n) is 5.80. The summed E-state index contributed by atoms with van der Waals surface area (Å²) in [7, 11) is 0. The van der Waals surface area contributed by atoms with E-state index >= 15 is 0 Å². The first kappa shape index (κ1) is 24.5. The lowest BCUT2D eigenvalue weighted by molar-refractivity contribution is -0.141. The molecule has 0 saturated heterocycles. The highest BCUT2D eigenvalue weighted by Crippen LogP contribution is 2.27. The molecule has 1 aliphatic rings. The Morgan fingerprint density at radius 3 is 1.04 bits per heavy atom. The summed E-state index contributed by atoms with van der Waals surface area (Å²) in [5, 5.41) is 33.3. The van der Waals surface area contributed by atoms with E-state index in [1.54, 1.807) is 0 Å². The van der Waals surface area contributed by atoms with Gasteiger partial charge in [0.05, 0.1) is 0 Å². The molecule has 0 spiro atoms. The Hall–Kier alpha value is -1.80. The summed E-state index contributed by atoms with van der Waals surface area (Å²) < 4.78 is 0. The van der Waals surface area contributed by atoms with Crippen LogP contribution in [-0.2, 0) is 19.2 Å². The van der Waals surface area contributed by atoms with Gasteiger partial charge in [0.25, 0.3) is 0 Å². The summed E-state index contributed by atoms with van der Waals surface area (Å²) in [5.74, 6) is -1.72. The van der Waals surface area contributed by atoms with Gasteiger partial charge in [0, 0.05) is 13.2 Å². The molecule has 0 atom stereocenters. The van der Waals surface area contributed by atoms with Crippen molar-refractivity contribution in [2.45, 2.75) is 52.4 Å². The molecule has 140 valence electrons. The van der Waals surface area contributed by atoms with Crippen LogP contribution >= 0.6 is 0 Å². The standard InChI is InChI=1S/C8H16O2.2C4H6O3/c9-5-7-1-2-8(6-10)4-3-7;2*1-3(5)2-4(6)7/h7-10H,1-6H2;2*2H2,1H3,(H,6,7)/t7-,8-;;. The van der Waals surface area contributed by atoms with Gasteiger partial charge in [-0.25, -0.2) is 0 Å². The number of ketones is 2. The van der Waals surface area contributed by atoms with Crippen molar-refractivity contribution < 1.29 is 39.6 Å². The molecule has 0 bridgehead atoms. The van der Waals surface area contributed by atoms with Gasteiger partial charge >= 0.3 is 11.9 Å². The fraction of sp³-hybridized carbons (Fsp3) is 0.750. The summed E-state index contributed by atoms with van der Waals surface area (Å²) in [4.78, 5) is 38.9. The Bertz CT molecular complexity index is 335. The average molecular weight is 348 g/mol. The minimum atomic E-state index is -1.06. The van der Waals surface area contributed by atoms with Crippen LogP contribution in [-0.4, -0.2) is 57.1 Å². The van der Waals surface area contributed by atoms with E-state index in [2.05, 4.69) is 0 Å². The van der Waals surface area contributed by atoms with E-state index < -0.39 is 11.9 Å². The highest BCUT2D eigenvalue weighted by atomic mass is 16.4. The molecule has 0 unspecified atom stereocenters. The number of carbonyl (C=O) groups excluding carboxylic acids is 2. The molecule has 0 aromatic rings. The van der Waals surface area contributed by atoms with Gasteiger partial charge in [0.2, 0.25) is 0 Å². The van der Waals surface area contributed by atoms with Crippen molar-refractivity contribution in [2.75, 3.05) is 13.2 Å². The van der Waals surface area contributed by atoms with Crippen molar-refractivity contribution in [3.8, 4) is 0 Å². The topological polar surface area (TPSA) is 149 Å². The van der Waals surface area contributed by atoms with E-state index in [1.807, 2.05) is 0 Å². The number of carboxylic acids is 2. The number of rotatable bonds is 6. The van der Waals surface area contributed by atoms with E-state index in [-0.39, 0.29) is 24.4 Å². The molecule has 8 heteroatoms. The highest BCUT2D eigenvalue weighted by molar-refractivity contribution is 5.93. The van der Waals surface area contributed by atoms with Gasteiger partial charge in [-0.05, 0) is 51.4 Å². The third kappa shape index (κ3) is 18.2. The van der Waals surface area contributed by atoms with Crippen molar-refractivity contribution in [2.24, 2.45) is 11.8 Å². The Morgan fingerprint density at radius 2 is 0.958 bits per heavy atom. The Kier molecular flexibility index (Phi) is 15.0. The van der Waals surface area contributed by atoms with Gasteiger partial charge in [-0.3, -0.25) is 19.2 Å². The molecular weight excluding hydrogens is 320 g/mol. The lowest BCUT2D eigenvalue weighted by atomic mass is 9.83. The van der Waals surface area contributed by atoms with Gasteiger partial charge in [-0.15, -0.1) is 0 Å². The summed E-state index contributed by atoms with van der Waals surface area (Å²) in [5.41, 5.74) is 0. The predicted octanol–water partition coefficient (Wildman–Crippen LogP) is 0.878. The first-order valence-corrected chi connectivity index (χ1v) is 7.76. The molecule has 0 radical (unpaired) electrons. The summed E-state index contributed by atoms with van der Waals surface area (Å²) in [6, 6.07) is 0. The summed E-state index contributed by atoms with van der Waals surface area (Å²) >= 11 is 0. The first-order valence-electron chi connectivity index (χ1n) is 7.76. The van der Waals surface area contributed by atoms with Crippen LogP contribution in [0.1, 0.15) is 52.4 Å². The smallest absolute Gasteiger partial charge is 0.310 e. The number of carbonyl (C=O) groups is 4. The zero-order chi connectivity index (χ0) is 19.1. The predicted molar refractivity (Wildman–Crippen MR) is 85.5 cm³/mol. The number of hydrogen-bond acceptors (Lipinski definition) is 6. The molecule has 1 saturated carbocycles. The Labute approximate surface area is 141 Å². The number of hydrogen-bond donors (Lipinski definition) is 4. The lowest BCUT2D eigenvalue weighted by Gasteiger charge is -2.25. The van der Waals surface area contributed by atoms with E-state index in [0.29, 0.717) is 25.0 Å². The van der Waals surface area contributed by atoms with Crippen LogP contribution in [0.5, 0.6) is 0 Å². The molecule has 0 amide bonds. The Morgan fingerprint density at radius 1 is 0.708 bits per heavy atom. The number of aliphatic carboxylic acids is 2. The van der Waals surface area contributed by atoms with E-state index in [0.717, 1.165) is 25.7 Å². The van der Waals surface area contributed by atoms with Gasteiger partial charge < -0.3 is 20.4 Å². The zero-order valence-corrected chi connectivity index (χ0v) is 14.2. The molecule has 0 aliphatic heterocycles. The normalized spacial score (nSPS) is 19.0. The van der Waals surface area contributed by atoms with Crippen LogP contribution in [0, 0.1) is 11.8 Å². The van der Waals surface area contributed by atoms with E-state index in [1.165, 1.54) is 13.8 Å². The first-order chi connectivity index (χ1) is 11.1. The zero-order valence-electron chi connectivity index (χ0n) is 14.2. The summed E-state index contributed by atoms with van der Waals surface area (Å²) in [6.07, 6.45) is 3.67. The molecule has 1 aliphatic carbocycles. The minimum absolute atomic E-state index is 0.312. The third-order valence-electron chi connectivity index (χ3n) is 3.28. The number of Topliss-reactive ketones (excluding diaryl/α,β-unsaturated/α-hetero) is 2. The molecule has 0 aromatic carbocycles. The van der Waals surface area contributed by atoms with Crippen LogP contribution in [0.4, 0.5) is 0 Å². The highest BCUT2D eigenvalue weighted by Gasteiger charge is 2.19. The van der Waals surface area contributed by atoms with Crippen LogP contribution in [0.15, 0.2) is 0 Å². The number of aliphatic hydroxyl groups excluding tert-OH is 2. The molecule has 4 N–H and O–H groups in total. The quantitative estimate of drug-likeness (QED) is 0.517. The second kappa shape index (κ2) is 14.8. The molecule has 24 heavy (non-hydrogen) atoms. The molecule has 8 nitrogen and oxygen atoms in total. The monoisotopic (exact) mass is 348 g/mol. The summed E-state index contributed by atoms with van der Waals surface area (Å²) in [6.45, 7) is 3.15. The van der Waals surface area contributed by atoms with Gasteiger partial charge in [-0.1, -0.05) is 0 Å². The van der Waals surface area contributed by atoms with Gasteiger partial charge in [0.1, 0.15) is 24.4 Å². The maximum absolute atomic E-state index is 9.87. The van der Waals surface area contributed by atoms with Crippen molar-refractivity contribution >= 4 is 23.5 Å². The fourth-order valence-corrected chi connectivity index (χ4v) is 2.02. The third-order valence-corrected chi connectivity index (χ3v) is 3.28. The molecule has 1 fully saturated rings. The molecular formula is C16H28O8. The van der Waals surface area contributed by atoms with Crippen LogP contribution in [0.25, 0.3) is 0 Å². The van der Waals surface area contributed by atoms with Crippen LogP contribution in [0.2, 0.25) is 0 Å². The van der Waals surface area contributed by atoms with Gasteiger partial charge in [-0.2, -0.15) is 0 Å². The van der Waals surface area contributed by atoms with Crippen LogP contribution in [0.3, 0.4) is 0 Å². The minimum Gasteiger partial charge on any atom is -0.481 e. The van der Waals surface area contributed by atoms with E-state index in [4.69, 9.17) is 20.4 Å². The molecule has 1 rings (SSSR count). The Balaban J connectivity index is 0. The molecule has 0 heterocycles. The SMILES string of the molecule is CC(=O)CC(=O)O.CC(=O)CC(=O)O.OC[C@H]1CC[C@H](CO)CC1. The average Bonchev–Trinajstić information content (AvgIpc) is 2.45.